The van der Waals surface area contributed by atoms with Crippen molar-refractivity contribution in [2.24, 2.45) is 0 Å². The number of methoxy groups -OCH3 is 1. The lowest BCUT2D eigenvalue weighted by molar-refractivity contribution is -0.137. The number of aromatic nitrogens is 1. The quantitative estimate of drug-likeness (QED) is 0.324. The number of urea groups is 1. The number of alkyl halides is 3. The molecule has 0 fully saturated rings. The summed E-state index contributed by atoms with van der Waals surface area (Å²) >= 11 is 0. The lowest BCUT2D eigenvalue weighted by Crippen LogP contribution is -2.36. The van der Waals surface area contributed by atoms with Gasteiger partial charge in [-0.15, -0.1) is 0 Å². The van der Waals surface area contributed by atoms with Crippen molar-refractivity contribution >= 4 is 11.7 Å². The van der Waals surface area contributed by atoms with E-state index in [4.69, 9.17) is 4.74 Å². The number of anilines is 1. The Morgan fingerprint density at radius 2 is 1.85 bits per heavy atom. The SMILES string of the molecule is COCCCN(Cc1cccn1Cc1cccc(F)c1)C(=O)Nc1ccc(C(F)(F)F)cc1. The number of hydrogen-bond donors (Lipinski definition) is 1. The van der Waals surface area contributed by atoms with Gasteiger partial charge in [-0.25, -0.2) is 9.18 Å². The Hall–Kier alpha value is -3.33. The van der Waals surface area contributed by atoms with Gasteiger partial charge in [0.25, 0.3) is 0 Å². The van der Waals surface area contributed by atoms with Crippen molar-refractivity contribution in [1.29, 1.82) is 0 Å². The number of nitrogens with one attached hydrogen (secondary N) is 1. The van der Waals surface area contributed by atoms with Crippen molar-refractivity contribution in [3.63, 3.8) is 0 Å². The highest BCUT2D eigenvalue weighted by atomic mass is 19.4. The van der Waals surface area contributed by atoms with Gasteiger partial charge in [0, 0.05) is 44.4 Å². The van der Waals surface area contributed by atoms with Gasteiger partial charge in [-0.05, 0) is 60.5 Å². The Bertz CT molecular complexity index is 1050. The fourth-order valence-corrected chi connectivity index (χ4v) is 3.37. The minimum atomic E-state index is -4.44. The fraction of sp³-hybridized carbons (Fsp3) is 0.292. The van der Waals surface area contributed by atoms with Crippen LogP contribution >= 0.6 is 0 Å². The zero-order valence-corrected chi connectivity index (χ0v) is 18.1. The van der Waals surface area contributed by atoms with E-state index in [-0.39, 0.29) is 18.0 Å². The van der Waals surface area contributed by atoms with Crippen LogP contribution in [0.15, 0.2) is 66.9 Å². The number of nitrogens with zero attached hydrogens (tertiary/aromatic N) is 2. The van der Waals surface area contributed by atoms with E-state index in [1.807, 2.05) is 29.0 Å². The van der Waals surface area contributed by atoms with E-state index in [1.54, 1.807) is 18.1 Å². The summed E-state index contributed by atoms with van der Waals surface area (Å²) in [6.07, 6.45) is -2.01. The molecule has 9 heteroatoms. The van der Waals surface area contributed by atoms with Gasteiger partial charge >= 0.3 is 12.2 Å². The minimum absolute atomic E-state index is 0.262. The van der Waals surface area contributed by atoms with Gasteiger partial charge < -0.3 is 19.5 Å². The van der Waals surface area contributed by atoms with Crippen LogP contribution in [0, 0.1) is 5.82 Å². The van der Waals surface area contributed by atoms with Crippen LogP contribution in [0.4, 0.5) is 28.0 Å². The number of carbonyl (C=O) groups is 1. The second-order valence-corrected chi connectivity index (χ2v) is 7.53. The largest absolute Gasteiger partial charge is 0.416 e. The molecular weight excluding hydrogens is 438 g/mol. The molecule has 0 saturated carbocycles. The molecule has 1 aromatic heterocycles. The van der Waals surface area contributed by atoms with Crippen molar-refractivity contribution in [2.45, 2.75) is 25.7 Å². The minimum Gasteiger partial charge on any atom is -0.385 e. The average Bonchev–Trinajstić information content (AvgIpc) is 3.19. The summed E-state index contributed by atoms with van der Waals surface area (Å²) < 4.78 is 58.9. The van der Waals surface area contributed by atoms with Gasteiger partial charge in [-0.3, -0.25) is 0 Å². The van der Waals surface area contributed by atoms with Crippen LogP contribution in [-0.2, 0) is 24.0 Å². The molecule has 0 aliphatic rings. The second kappa shape index (κ2) is 11.0. The molecule has 0 spiro atoms. The van der Waals surface area contributed by atoms with E-state index < -0.39 is 17.8 Å². The number of benzene rings is 2. The van der Waals surface area contributed by atoms with E-state index in [2.05, 4.69) is 5.32 Å². The van der Waals surface area contributed by atoms with Gasteiger partial charge in [0.05, 0.1) is 12.1 Å². The summed E-state index contributed by atoms with van der Waals surface area (Å²) in [4.78, 5) is 14.5. The van der Waals surface area contributed by atoms with Crippen LogP contribution in [-0.4, -0.2) is 35.8 Å². The summed E-state index contributed by atoms with van der Waals surface area (Å²) in [5.41, 5.74) is 1.10. The molecule has 1 heterocycles. The molecule has 0 bridgehead atoms. The molecular formula is C24H25F4N3O2. The van der Waals surface area contributed by atoms with Crippen molar-refractivity contribution in [1.82, 2.24) is 9.47 Å². The second-order valence-electron chi connectivity index (χ2n) is 7.53. The Balaban J connectivity index is 1.72. The first-order chi connectivity index (χ1) is 15.8. The number of hydrogen-bond acceptors (Lipinski definition) is 2. The molecule has 176 valence electrons. The number of ether oxygens (including phenoxy) is 1. The molecule has 1 N–H and O–H groups in total. The van der Waals surface area contributed by atoms with Crippen LogP contribution in [0.25, 0.3) is 0 Å². The molecule has 3 aromatic rings. The molecule has 0 saturated heterocycles. The fourth-order valence-electron chi connectivity index (χ4n) is 3.37. The standard InChI is InChI=1S/C24H25F4N3O2/c1-33-14-4-13-31(23(32)29-21-10-8-19(9-11-21)24(26,27)28)17-22-7-3-12-30(22)16-18-5-2-6-20(25)15-18/h2-3,5-12,15H,4,13-14,16-17H2,1H3,(H,29,32). The Kier molecular flexibility index (Phi) is 8.11. The van der Waals surface area contributed by atoms with Crippen LogP contribution in [0.1, 0.15) is 23.2 Å². The van der Waals surface area contributed by atoms with Gasteiger partial charge in [0.1, 0.15) is 5.82 Å². The predicted molar refractivity (Wildman–Crippen MR) is 117 cm³/mol. The smallest absolute Gasteiger partial charge is 0.385 e. The molecule has 3 rings (SSSR count). The number of rotatable bonds is 9. The van der Waals surface area contributed by atoms with Crippen molar-refractivity contribution < 1.29 is 27.1 Å². The highest BCUT2D eigenvalue weighted by Crippen LogP contribution is 2.29. The molecule has 0 atom stereocenters. The van der Waals surface area contributed by atoms with E-state index in [1.165, 1.54) is 24.3 Å². The topological polar surface area (TPSA) is 46.5 Å². The zero-order chi connectivity index (χ0) is 23.8. The van der Waals surface area contributed by atoms with E-state index in [0.717, 1.165) is 23.4 Å². The Morgan fingerprint density at radius 3 is 2.52 bits per heavy atom. The van der Waals surface area contributed by atoms with Gasteiger partial charge in [0.2, 0.25) is 0 Å². The first kappa shape index (κ1) is 24.3. The van der Waals surface area contributed by atoms with Crippen molar-refractivity contribution in [2.75, 3.05) is 25.6 Å². The summed E-state index contributed by atoms with van der Waals surface area (Å²) in [6, 6.07) is 13.9. The summed E-state index contributed by atoms with van der Waals surface area (Å²) in [6.45, 7) is 1.53. The Labute approximate surface area is 189 Å². The lowest BCUT2D eigenvalue weighted by atomic mass is 10.2. The van der Waals surface area contributed by atoms with Crippen LogP contribution < -0.4 is 5.32 Å². The highest BCUT2D eigenvalue weighted by Gasteiger charge is 2.30. The molecule has 0 aliphatic carbocycles. The monoisotopic (exact) mass is 463 g/mol. The van der Waals surface area contributed by atoms with Crippen molar-refractivity contribution in [3.8, 4) is 0 Å². The normalized spacial score (nSPS) is 11.4. The maximum Gasteiger partial charge on any atom is 0.416 e. The van der Waals surface area contributed by atoms with Gasteiger partial charge in [0.15, 0.2) is 0 Å². The summed E-state index contributed by atoms with van der Waals surface area (Å²) in [5.74, 6) is -0.321. The maximum atomic E-state index is 13.5. The molecule has 33 heavy (non-hydrogen) atoms. The third kappa shape index (κ3) is 7.08. The first-order valence-electron chi connectivity index (χ1n) is 10.4. The summed E-state index contributed by atoms with van der Waals surface area (Å²) in [5, 5.41) is 2.66. The highest BCUT2D eigenvalue weighted by molar-refractivity contribution is 5.89. The lowest BCUT2D eigenvalue weighted by Gasteiger charge is -2.24. The van der Waals surface area contributed by atoms with Crippen LogP contribution in [0.2, 0.25) is 0 Å². The zero-order valence-electron chi connectivity index (χ0n) is 18.1. The van der Waals surface area contributed by atoms with Gasteiger partial charge in [-0.2, -0.15) is 13.2 Å². The summed E-state index contributed by atoms with van der Waals surface area (Å²) in [7, 11) is 1.57. The molecule has 2 amide bonds. The van der Waals surface area contributed by atoms with Crippen LogP contribution in [0.3, 0.4) is 0 Å². The number of halogens is 4. The molecule has 5 nitrogen and oxygen atoms in total. The molecule has 2 aromatic carbocycles. The van der Waals surface area contributed by atoms with Gasteiger partial charge in [-0.1, -0.05) is 12.1 Å². The Morgan fingerprint density at radius 1 is 1.09 bits per heavy atom. The number of amides is 2. The molecule has 0 unspecified atom stereocenters. The molecule has 0 radical (unpaired) electrons. The third-order valence-corrected chi connectivity index (χ3v) is 5.05. The molecule has 0 aliphatic heterocycles. The van der Waals surface area contributed by atoms with Crippen molar-refractivity contribution in [3.05, 3.63) is 89.5 Å². The first-order valence-corrected chi connectivity index (χ1v) is 10.4. The average molecular weight is 463 g/mol. The third-order valence-electron chi connectivity index (χ3n) is 5.05. The van der Waals surface area contributed by atoms with Crippen LogP contribution in [0.5, 0.6) is 0 Å². The van der Waals surface area contributed by atoms with E-state index in [0.29, 0.717) is 26.1 Å². The van der Waals surface area contributed by atoms with E-state index in [9.17, 15) is 22.4 Å². The number of carbonyl (C=O) groups excluding carboxylic acids is 1. The van der Waals surface area contributed by atoms with E-state index >= 15 is 0 Å². The predicted octanol–water partition coefficient (Wildman–Crippen LogP) is 5.76. The maximum absolute atomic E-state index is 13.5.